The van der Waals surface area contributed by atoms with Gasteiger partial charge in [0.25, 0.3) is 0 Å². The number of piperidine rings is 1. The molecule has 1 aromatic rings. The van der Waals surface area contributed by atoms with Crippen LogP contribution in [0.5, 0.6) is 0 Å². The molecule has 2 saturated heterocycles. The second kappa shape index (κ2) is 6.40. The third kappa shape index (κ3) is 4.38. The lowest BCUT2D eigenvalue weighted by Crippen LogP contribution is -2.39. The number of nitrogens with zero attached hydrogens (tertiary/aromatic N) is 1. The number of carbonyl (C=O) groups is 1. The number of hydrogen-bond donors (Lipinski definition) is 2. The maximum absolute atomic E-state index is 11.8. The summed E-state index contributed by atoms with van der Waals surface area (Å²) < 4.78 is 5.26. The zero-order valence-corrected chi connectivity index (χ0v) is 14.3. The zero-order valence-electron chi connectivity index (χ0n) is 14.3. The molecule has 3 unspecified atom stereocenters. The summed E-state index contributed by atoms with van der Waals surface area (Å²) in [5.41, 5.74) is 1.38. The molecule has 2 N–H and O–H groups in total. The first-order valence-electron chi connectivity index (χ1n) is 8.48. The van der Waals surface area contributed by atoms with E-state index in [1.807, 2.05) is 45.0 Å². The monoisotopic (exact) mass is 317 g/mol. The Labute approximate surface area is 138 Å². The first-order valence-corrected chi connectivity index (χ1v) is 8.48. The normalized spacial score (nSPS) is 26.7. The van der Waals surface area contributed by atoms with E-state index in [0.29, 0.717) is 6.04 Å². The molecule has 1 aromatic carbocycles. The lowest BCUT2D eigenvalue weighted by Gasteiger charge is -2.31. The van der Waals surface area contributed by atoms with Crippen LogP contribution in [-0.4, -0.2) is 42.3 Å². The number of carbonyl (C=O) groups excluding carboxylic acids is 1. The van der Waals surface area contributed by atoms with Crippen LogP contribution in [-0.2, 0) is 4.74 Å². The molecule has 0 radical (unpaired) electrons. The van der Waals surface area contributed by atoms with Crippen molar-refractivity contribution in [3.05, 3.63) is 24.3 Å². The van der Waals surface area contributed by atoms with Crippen LogP contribution in [0.15, 0.2) is 24.3 Å². The van der Waals surface area contributed by atoms with E-state index in [9.17, 15) is 4.79 Å². The molecule has 2 heterocycles. The van der Waals surface area contributed by atoms with Crippen LogP contribution in [0.4, 0.5) is 16.2 Å². The Morgan fingerprint density at radius 1 is 1.13 bits per heavy atom. The van der Waals surface area contributed by atoms with Crippen LogP contribution >= 0.6 is 0 Å². The third-order valence-corrected chi connectivity index (χ3v) is 4.52. The number of anilines is 2. The minimum Gasteiger partial charge on any atom is -0.444 e. The van der Waals surface area contributed by atoms with Gasteiger partial charge in [0.15, 0.2) is 0 Å². The molecule has 23 heavy (non-hydrogen) atoms. The minimum absolute atomic E-state index is 0.420. The number of nitrogens with one attached hydrogen (secondary N) is 2. The van der Waals surface area contributed by atoms with Crippen LogP contribution in [0.1, 0.15) is 33.6 Å². The molecule has 3 rings (SSSR count). The molecule has 2 aliphatic heterocycles. The van der Waals surface area contributed by atoms with Gasteiger partial charge in [-0.25, -0.2) is 4.79 Å². The number of fused-ring (bicyclic) bond motifs is 2. The van der Waals surface area contributed by atoms with Crippen LogP contribution in [0.2, 0.25) is 0 Å². The molecule has 5 heteroatoms. The molecule has 5 nitrogen and oxygen atoms in total. The minimum atomic E-state index is -0.484. The molecule has 2 fully saturated rings. The summed E-state index contributed by atoms with van der Waals surface area (Å²) in [5, 5.41) is 6.42. The highest BCUT2D eigenvalue weighted by Crippen LogP contribution is 2.29. The van der Waals surface area contributed by atoms with Crippen LogP contribution in [0.3, 0.4) is 0 Å². The van der Waals surface area contributed by atoms with Crippen molar-refractivity contribution in [1.82, 2.24) is 4.90 Å². The fourth-order valence-corrected chi connectivity index (χ4v) is 3.43. The summed E-state index contributed by atoms with van der Waals surface area (Å²) in [4.78, 5) is 14.3. The highest BCUT2D eigenvalue weighted by molar-refractivity contribution is 5.85. The molecule has 2 bridgehead atoms. The Morgan fingerprint density at radius 3 is 2.48 bits per heavy atom. The number of benzene rings is 1. The molecular formula is C18H27N3O2. The largest absolute Gasteiger partial charge is 0.444 e. The summed E-state index contributed by atoms with van der Waals surface area (Å²) in [6.07, 6.45) is 2.09. The van der Waals surface area contributed by atoms with Crippen molar-refractivity contribution in [2.24, 2.45) is 5.92 Å². The van der Waals surface area contributed by atoms with E-state index in [0.717, 1.165) is 17.3 Å². The van der Waals surface area contributed by atoms with Gasteiger partial charge < -0.3 is 15.0 Å². The number of amides is 1. The first kappa shape index (κ1) is 16.1. The van der Waals surface area contributed by atoms with E-state index in [1.54, 1.807) is 0 Å². The standard InChI is InChI=1S/C18H27N3O2/c1-18(2,3)23-17(22)20-15-6-4-14(5-7-15)19-16-9-11-21-10-8-13(16)12-21/h4-7,13,16,19H,8-12H2,1-3H3,(H,20,22). The second-order valence-electron chi connectivity index (χ2n) is 7.59. The topological polar surface area (TPSA) is 53.6 Å². The predicted octanol–water partition coefficient (Wildman–Crippen LogP) is 3.54. The van der Waals surface area contributed by atoms with E-state index in [1.165, 1.54) is 32.5 Å². The van der Waals surface area contributed by atoms with Gasteiger partial charge in [-0.15, -0.1) is 0 Å². The quantitative estimate of drug-likeness (QED) is 0.895. The van der Waals surface area contributed by atoms with Crippen molar-refractivity contribution in [2.75, 3.05) is 30.3 Å². The third-order valence-electron chi connectivity index (χ3n) is 4.52. The molecule has 1 amide bonds. The average Bonchev–Trinajstić information content (AvgIpc) is 2.85. The molecule has 3 atom stereocenters. The van der Waals surface area contributed by atoms with Gasteiger partial charge >= 0.3 is 6.09 Å². The van der Waals surface area contributed by atoms with Crippen molar-refractivity contribution in [2.45, 2.75) is 45.3 Å². The Balaban J connectivity index is 1.54. The highest BCUT2D eigenvalue weighted by Gasteiger charge is 2.33. The molecular weight excluding hydrogens is 290 g/mol. The fourth-order valence-electron chi connectivity index (χ4n) is 3.43. The molecule has 0 aliphatic carbocycles. The molecule has 0 saturated carbocycles. The van der Waals surface area contributed by atoms with Crippen molar-refractivity contribution in [3.63, 3.8) is 0 Å². The Kier molecular flexibility index (Phi) is 4.48. The van der Waals surface area contributed by atoms with E-state index in [4.69, 9.17) is 4.74 Å². The predicted molar refractivity (Wildman–Crippen MR) is 92.9 cm³/mol. The second-order valence-corrected chi connectivity index (χ2v) is 7.59. The van der Waals surface area contributed by atoms with Gasteiger partial charge in [-0.2, -0.15) is 0 Å². The van der Waals surface area contributed by atoms with Crippen LogP contribution in [0, 0.1) is 5.92 Å². The van der Waals surface area contributed by atoms with E-state index in [-0.39, 0.29) is 0 Å². The molecule has 2 aliphatic rings. The number of rotatable bonds is 3. The summed E-state index contributed by atoms with van der Waals surface area (Å²) >= 11 is 0. The average molecular weight is 317 g/mol. The van der Waals surface area contributed by atoms with E-state index >= 15 is 0 Å². The summed E-state index contributed by atoms with van der Waals surface area (Å²) in [6, 6.07) is 8.44. The van der Waals surface area contributed by atoms with Gasteiger partial charge in [-0.3, -0.25) is 5.32 Å². The smallest absolute Gasteiger partial charge is 0.412 e. The van der Waals surface area contributed by atoms with Gasteiger partial charge in [0.2, 0.25) is 0 Å². The number of ether oxygens (including phenoxy) is 1. The van der Waals surface area contributed by atoms with E-state index < -0.39 is 11.7 Å². The Hall–Kier alpha value is -1.75. The SMILES string of the molecule is CC(C)(C)OC(=O)Nc1ccc(NC2CCN3CCC2C3)cc1. The zero-order chi connectivity index (χ0) is 16.4. The lowest BCUT2D eigenvalue weighted by molar-refractivity contribution is 0.0636. The lowest BCUT2D eigenvalue weighted by atomic mass is 9.94. The Bertz CT molecular complexity index is 550. The van der Waals surface area contributed by atoms with Crippen LogP contribution < -0.4 is 10.6 Å². The fraction of sp³-hybridized carbons (Fsp3) is 0.611. The van der Waals surface area contributed by atoms with Crippen molar-refractivity contribution < 1.29 is 9.53 Å². The highest BCUT2D eigenvalue weighted by atomic mass is 16.6. The number of hydrogen-bond acceptors (Lipinski definition) is 4. The van der Waals surface area contributed by atoms with Gasteiger partial charge in [0.1, 0.15) is 5.60 Å². The van der Waals surface area contributed by atoms with E-state index in [2.05, 4.69) is 15.5 Å². The molecule has 0 spiro atoms. The van der Waals surface area contributed by atoms with Gasteiger partial charge in [0.05, 0.1) is 0 Å². The Morgan fingerprint density at radius 2 is 1.78 bits per heavy atom. The van der Waals surface area contributed by atoms with Crippen molar-refractivity contribution >= 4 is 17.5 Å². The molecule has 0 aromatic heterocycles. The van der Waals surface area contributed by atoms with Gasteiger partial charge in [0, 0.05) is 30.5 Å². The van der Waals surface area contributed by atoms with Crippen LogP contribution in [0.25, 0.3) is 0 Å². The first-order chi connectivity index (χ1) is 10.9. The van der Waals surface area contributed by atoms with Gasteiger partial charge in [-0.1, -0.05) is 0 Å². The molecule has 126 valence electrons. The maximum Gasteiger partial charge on any atom is 0.412 e. The maximum atomic E-state index is 11.8. The van der Waals surface area contributed by atoms with Crippen molar-refractivity contribution in [3.8, 4) is 0 Å². The summed E-state index contributed by atoms with van der Waals surface area (Å²) in [6.45, 7) is 9.25. The van der Waals surface area contributed by atoms with Crippen molar-refractivity contribution in [1.29, 1.82) is 0 Å². The summed E-state index contributed by atoms with van der Waals surface area (Å²) in [7, 11) is 0. The van der Waals surface area contributed by atoms with Gasteiger partial charge in [-0.05, 0) is 70.3 Å². The summed E-state index contributed by atoms with van der Waals surface area (Å²) in [5.74, 6) is 0.767.